The lowest BCUT2D eigenvalue weighted by Crippen LogP contribution is -2.43. The Hall–Kier alpha value is -2.52. The zero-order valence-corrected chi connectivity index (χ0v) is 25.9. The number of ether oxygens (including phenoxy) is 3. The minimum atomic E-state index is 0.241. The zero-order chi connectivity index (χ0) is 29.2. The Labute approximate surface area is 247 Å². The van der Waals surface area contributed by atoms with Crippen LogP contribution in [0.3, 0.4) is 0 Å². The molecule has 2 saturated heterocycles. The Kier molecular flexibility index (Phi) is 12.0. The van der Waals surface area contributed by atoms with Crippen LogP contribution in [0.4, 0.5) is 0 Å². The van der Waals surface area contributed by atoms with Crippen molar-refractivity contribution in [3.8, 4) is 0 Å². The Morgan fingerprint density at radius 1 is 1.20 bits per heavy atom. The van der Waals surface area contributed by atoms with Crippen molar-refractivity contribution in [3.63, 3.8) is 0 Å². The summed E-state index contributed by atoms with van der Waals surface area (Å²) in [6.45, 7) is 6.48. The van der Waals surface area contributed by atoms with Crippen LogP contribution in [-0.2, 0) is 19.0 Å². The number of amidine groups is 1. The Morgan fingerprint density at radius 3 is 2.71 bits per heavy atom. The van der Waals surface area contributed by atoms with Crippen LogP contribution in [0.25, 0.3) is 0 Å². The number of amides is 1. The van der Waals surface area contributed by atoms with Gasteiger partial charge in [-0.2, -0.15) is 0 Å². The van der Waals surface area contributed by atoms with Gasteiger partial charge in [-0.3, -0.25) is 9.69 Å². The van der Waals surface area contributed by atoms with Gasteiger partial charge in [0.2, 0.25) is 18.5 Å². The van der Waals surface area contributed by atoms with Crippen molar-refractivity contribution in [1.29, 1.82) is 0 Å². The van der Waals surface area contributed by atoms with E-state index in [2.05, 4.69) is 52.9 Å². The number of rotatable bonds is 17. The van der Waals surface area contributed by atoms with Crippen molar-refractivity contribution in [2.24, 2.45) is 28.5 Å². The van der Waals surface area contributed by atoms with Crippen LogP contribution in [0.1, 0.15) is 71.1 Å². The highest BCUT2D eigenvalue weighted by Gasteiger charge is 2.40. The number of fused-ring (bicyclic) bond motifs is 1. The van der Waals surface area contributed by atoms with E-state index in [0.29, 0.717) is 24.2 Å². The molecule has 0 radical (unpaired) electrons. The molecule has 0 aromatic carbocycles. The number of hydrogen-bond donors (Lipinski definition) is 1. The average molecular weight is 572 g/mol. The maximum atomic E-state index is 13.7. The standard InChI is InChI=1S/C32H53N5O4/c1-5-6-16-36(17-8-7-15-35(2)3)31(38)22-37-21-26(25-19-28(39-4)32-29(20-25)40-23-41-32)18-27(37)11-12-30(33)34-14-13-24-9-10-24/h13-14,20,24-27H,5-12,15-19,21-23H2,1-4H3,(H2,33,34)/b14-13-/t25?,26-,27+/m1/s1. The lowest BCUT2D eigenvalue weighted by Gasteiger charge is -2.29. The van der Waals surface area contributed by atoms with Gasteiger partial charge in [-0.1, -0.05) is 19.4 Å². The fourth-order valence-corrected chi connectivity index (χ4v) is 6.14. The number of methoxy groups -OCH3 is 1. The molecule has 4 aliphatic rings. The van der Waals surface area contributed by atoms with Gasteiger partial charge in [-0.15, -0.1) is 0 Å². The highest BCUT2D eigenvalue weighted by atomic mass is 16.7. The number of carbonyl (C=O) groups is 1. The fraction of sp³-hybridized carbons (Fsp3) is 0.750. The predicted molar refractivity (Wildman–Crippen MR) is 163 cm³/mol. The molecule has 3 fully saturated rings. The summed E-state index contributed by atoms with van der Waals surface area (Å²) >= 11 is 0. The van der Waals surface area contributed by atoms with Crippen molar-refractivity contribution in [3.05, 3.63) is 35.6 Å². The first-order valence-electron chi connectivity index (χ1n) is 15.8. The second-order valence-electron chi connectivity index (χ2n) is 12.4. The molecule has 0 spiro atoms. The van der Waals surface area contributed by atoms with Crippen molar-refractivity contribution in [1.82, 2.24) is 14.7 Å². The SMILES string of the molecule is CCCCN(CCCCN(C)C)C(=O)CN1C[C@H](C2C=C3OCOC3=C(OC)C2)C[C@@H]1CCC(N)=N/C=C\C1CC1. The van der Waals surface area contributed by atoms with Crippen molar-refractivity contribution >= 4 is 11.7 Å². The molecular formula is C32H53N5O4. The molecule has 230 valence electrons. The second kappa shape index (κ2) is 15.6. The van der Waals surface area contributed by atoms with Crippen LogP contribution in [0.15, 0.2) is 40.6 Å². The van der Waals surface area contributed by atoms with Crippen molar-refractivity contribution in [2.75, 3.05) is 60.7 Å². The molecule has 2 N–H and O–H groups in total. The van der Waals surface area contributed by atoms with Gasteiger partial charge in [0.25, 0.3) is 0 Å². The molecule has 3 atom stereocenters. The van der Waals surface area contributed by atoms with Gasteiger partial charge in [0.05, 0.1) is 19.5 Å². The smallest absolute Gasteiger partial charge is 0.236 e. The quantitative estimate of drug-likeness (QED) is 0.156. The lowest BCUT2D eigenvalue weighted by atomic mass is 9.83. The summed E-state index contributed by atoms with van der Waals surface area (Å²) in [7, 11) is 5.91. The van der Waals surface area contributed by atoms with Gasteiger partial charge in [-0.05, 0) is 89.4 Å². The van der Waals surface area contributed by atoms with E-state index in [9.17, 15) is 4.79 Å². The first-order chi connectivity index (χ1) is 19.9. The molecule has 2 aliphatic heterocycles. The zero-order valence-electron chi connectivity index (χ0n) is 25.9. The molecule has 2 aliphatic carbocycles. The van der Waals surface area contributed by atoms with Crippen LogP contribution < -0.4 is 5.73 Å². The minimum Gasteiger partial charge on any atom is -0.497 e. The van der Waals surface area contributed by atoms with Gasteiger partial charge in [0.15, 0.2) is 5.76 Å². The monoisotopic (exact) mass is 571 g/mol. The number of allylic oxidation sites excluding steroid dienone is 3. The molecule has 0 aromatic rings. The van der Waals surface area contributed by atoms with E-state index in [1.165, 1.54) is 12.8 Å². The molecule has 1 saturated carbocycles. The highest BCUT2D eigenvalue weighted by molar-refractivity contribution is 5.81. The number of nitrogens with two attached hydrogens (primary N) is 1. The van der Waals surface area contributed by atoms with Gasteiger partial charge < -0.3 is 29.7 Å². The normalized spacial score (nSPS) is 25.0. The van der Waals surface area contributed by atoms with E-state index in [0.717, 1.165) is 94.8 Å². The third-order valence-electron chi connectivity index (χ3n) is 8.80. The van der Waals surface area contributed by atoms with Crippen molar-refractivity contribution < 1.29 is 19.0 Å². The third-order valence-corrected chi connectivity index (χ3v) is 8.80. The molecule has 0 aromatic heterocycles. The van der Waals surface area contributed by atoms with E-state index >= 15 is 0 Å². The molecule has 4 rings (SSSR count). The van der Waals surface area contributed by atoms with E-state index in [4.69, 9.17) is 19.9 Å². The summed E-state index contributed by atoms with van der Waals surface area (Å²) in [5.74, 6) is 4.69. The van der Waals surface area contributed by atoms with Gasteiger partial charge in [0, 0.05) is 44.7 Å². The van der Waals surface area contributed by atoms with Crippen LogP contribution in [-0.4, -0.2) is 93.2 Å². The van der Waals surface area contributed by atoms with Crippen LogP contribution in [0.5, 0.6) is 0 Å². The topological polar surface area (TPSA) is 92.9 Å². The Bertz CT molecular complexity index is 987. The first-order valence-corrected chi connectivity index (χ1v) is 15.8. The third kappa shape index (κ3) is 9.50. The molecule has 1 unspecified atom stereocenters. The van der Waals surface area contributed by atoms with E-state index in [1.807, 2.05) is 6.20 Å². The number of unbranched alkanes of at least 4 members (excludes halogenated alkanes) is 2. The molecule has 9 nitrogen and oxygen atoms in total. The summed E-state index contributed by atoms with van der Waals surface area (Å²) < 4.78 is 17.1. The Balaban J connectivity index is 1.41. The minimum absolute atomic E-state index is 0.241. The summed E-state index contributed by atoms with van der Waals surface area (Å²) in [4.78, 5) is 24.9. The molecule has 2 heterocycles. The van der Waals surface area contributed by atoms with Crippen LogP contribution in [0, 0.1) is 17.8 Å². The largest absolute Gasteiger partial charge is 0.497 e. The van der Waals surface area contributed by atoms with E-state index in [1.54, 1.807) is 7.11 Å². The molecule has 0 bridgehead atoms. The predicted octanol–water partition coefficient (Wildman–Crippen LogP) is 4.47. The number of likely N-dealkylation sites (tertiary alicyclic amines) is 1. The van der Waals surface area contributed by atoms with Crippen molar-refractivity contribution in [2.45, 2.75) is 77.2 Å². The number of aliphatic imine (C=N–C) groups is 1. The van der Waals surface area contributed by atoms with Gasteiger partial charge in [0.1, 0.15) is 5.76 Å². The van der Waals surface area contributed by atoms with Gasteiger partial charge in [-0.25, -0.2) is 4.99 Å². The maximum Gasteiger partial charge on any atom is 0.236 e. The summed E-state index contributed by atoms with van der Waals surface area (Å²) in [5, 5.41) is 0. The lowest BCUT2D eigenvalue weighted by molar-refractivity contribution is -0.132. The number of nitrogens with zero attached hydrogens (tertiary/aromatic N) is 4. The van der Waals surface area contributed by atoms with Gasteiger partial charge >= 0.3 is 0 Å². The Morgan fingerprint density at radius 2 is 1.98 bits per heavy atom. The molecular weight excluding hydrogens is 518 g/mol. The van der Waals surface area contributed by atoms with E-state index < -0.39 is 0 Å². The maximum absolute atomic E-state index is 13.7. The summed E-state index contributed by atoms with van der Waals surface area (Å²) in [6, 6.07) is 0.280. The molecule has 1 amide bonds. The first kappa shape index (κ1) is 31.4. The molecule has 41 heavy (non-hydrogen) atoms. The number of hydrogen-bond acceptors (Lipinski definition) is 7. The second-order valence-corrected chi connectivity index (χ2v) is 12.4. The average Bonchev–Trinajstić information content (AvgIpc) is 3.50. The van der Waals surface area contributed by atoms with Crippen LogP contribution >= 0.6 is 0 Å². The highest BCUT2D eigenvalue weighted by Crippen LogP contribution is 2.41. The number of carbonyl (C=O) groups excluding carboxylic acids is 1. The molecule has 9 heteroatoms. The van der Waals surface area contributed by atoms with Crippen LogP contribution in [0.2, 0.25) is 0 Å². The summed E-state index contributed by atoms with van der Waals surface area (Å²) in [6.07, 6.45) is 16.5. The summed E-state index contributed by atoms with van der Waals surface area (Å²) in [5.41, 5.74) is 6.31. The van der Waals surface area contributed by atoms with E-state index in [-0.39, 0.29) is 24.7 Å². The fourth-order valence-electron chi connectivity index (χ4n) is 6.14.